The number of carbonyl (C=O) groups is 2. The van der Waals surface area contributed by atoms with Crippen LogP contribution in [0.5, 0.6) is 11.5 Å². The van der Waals surface area contributed by atoms with Crippen molar-refractivity contribution in [1.29, 1.82) is 0 Å². The van der Waals surface area contributed by atoms with Crippen molar-refractivity contribution in [3.8, 4) is 11.5 Å². The number of halogens is 1. The van der Waals surface area contributed by atoms with Crippen molar-refractivity contribution in [3.05, 3.63) is 22.2 Å². The van der Waals surface area contributed by atoms with Crippen molar-refractivity contribution >= 4 is 28.2 Å². The molecule has 16 heavy (non-hydrogen) atoms. The van der Waals surface area contributed by atoms with Crippen LogP contribution in [0, 0.1) is 0 Å². The second kappa shape index (κ2) is 5.50. The zero-order valence-electron chi connectivity index (χ0n) is 8.40. The molecule has 0 fully saturated rings. The molecule has 0 saturated carbocycles. The van der Waals surface area contributed by atoms with Crippen LogP contribution in [-0.4, -0.2) is 31.1 Å². The number of carboxylic acids is 1. The molecule has 5 nitrogen and oxygen atoms in total. The van der Waals surface area contributed by atoms with Gasteiger partial charge in [0, 0.05) is 0 Å². The number of methoxy groups -OCH3 is 1. The van der Waals surface area contributed by atoms with Gasteiger partial charge in [0.15, 0.2) is 12.9 Å². The third-order valence-electron chi connectivity index (χ3n) is 1.75. The fourth-order valence-corrected chi connectivity index (χ4v) is 1.65. The van der Waals surface area contributed by atoms with E-state index in [0.717, 1.165) is 0 Å². The van der Waals surface area contributed by atoms with Gasteiger partial charge in [-0.15, -0.1) is 0 Å². The van der Waals surface area contributed by atoms with E-state index in [1.807, 2.05) is 0 Å². The summed E-state index contributed by atoms with van der Waals surface area (Å²) in [6.45, 7) is -0.508. The molecule has 0 saturated heterocycles. The molecule has 1 aromatic carbocycles. The summed E-state index contributed by atoms with van der Waals surface area (Å²) in [6, 6.07) is 3.05. The van der Waals surface area contributed by atoms with Crippen LogP contribution in [0.25, 0.3) is 0 Å². The molecule has 0 amide bonds. The smallest absolute Gasteiger partial charge is 0.341 e. The van der Waals surface area contributed by atoms with E-state index in [2.05, 4.69) is 15.9 Å². The van der Waals surface area contributed by atoms with Gasteiger partial charge in [-0.1, -0.05) is 0 Å². The molecule has 0 aliphatic heterocycles. The highest BCUT2D eigenvalue weighted by Crippen LogP contribution is 2.32. The summed E-state index contributed by atoms with van der Waals surface area (Å²) in [7, 11) is 1.47. The highest BCUT2D eigenvalue weighted by Gasteiger charge is 2.12. The van der Waals surface area contributed by atoms with Crippen molar-refractivity contribution in [3.63, 3.8) is 0 Å². The minimum atomic E-state index is -1.11. The molecule has 6 heteroatoms. The topological polar surface area (TPSA) is 72.8 Å². The largest absolute Gasteiger partial charge is 0.497 e. The summed E-state index contributed by atoms with van der Waals surface area (Å²) in [6.07, 6.45) is 0.574. The number of aliphatic carboxylic acids is 1. The van der Waals surface area contributed by atoms with Crippen LogP contribution in [0.3, 0.4) is 0 Å². The fourth-order valence-electron chi connectivity index (χ4n) is 1.08. The number of carbonyl (C=O) groups excluding carboxylic acids is 1. The second-order valence-corrected chi connectivity index (χ2v) is 3.68. The zero-order valence-corrected chi connectivity index (χ0v) is 9.98. The molecular weight excluding hydrogens is 280 g/mol. The standard InChI is InChI=1S/C10H9BrO5/c1-15-7-2-6(4-12)10(8(11)3-7)16-5-9(13)14/h2-4H,5H2,1H3,(H,13,14). The first-order valence-corrected chi connectivity index (χ1v) is 5.05. The second-order valence-electron chi connectivity index (χ2n) is 2.83. The Labute approximate surface area is 100 Å². The van der Waals surface area contributed by atoms with Crippen molar-refractivity contribution in [1.82, 2.24) is 0 Å². The number of aldehydes is 1. The number of carboxylic acid groups (broad SMARTS) is 1. The number of benzene rings is 1. The molecule has 86 valence electrons. The molecule has 1 rings (SSSR count). The Morgan fingerprint density at radius 3 is 2.75 bits per heavy atom. The van der Waals surface area contributed by atoms with Gasteiger partial charge in [-0.25, -0.2) is 4.79 Å². The Morgan fingerprint density at radius 1 is 1.56 bits per heavy atom. The van der Waals surface area contributed by atoms with Gasteiger partial charge < -0.3 is 14.6 Å². The Kier molecular flexibility index (Phi) is 4.30. The van der Waals surface area contributed by atoms with Gasteiger partial charge in [-0.05, 0) is 28.1 Å². The van der Waals surface area contributed by atoms with Gasteiger partial charge in [0.05, 0.1) is 17.1 Å². The Hall–Kier alpha value is -1.56. The monoisotopic (exact) mass is 288 g/mol. The lowest BCUT2D eigenvalue weighted by atomic mass is 10.2. The maximum absolute atomic E-state index is 10.8. The first-order chi connectivity index (χ1) is 7.58. The number of hydrogen-bond donors (Lipinski definition) is 1. The number of ether oxygens (including phenoxy) is 2. The Balaban J connectivity index is 3.06. The SMILES string of the molecule is COc1cc(Br)c(OCC(=O)O)c(C=O)c1. The number of rotatable bonds is 5. The van der Waals surface area contributed by atoms with Gasteiger partial charge in [0.2, 0.25) is 0 Å². The van der Waals surface area contributed by atoms with E-state index in [0.29, 0.717) is 16.5 Å². The molecule has 0 aliphatic rings. The maximum atomic E-state index is 10.8. The van der Waals surface area contributed by atoms with Crippen molar-refractivity contribution < 1.29 is 24.2 Å². The van der Waals surface area contributed by atoms with E-state index >= 15 is 0 Å². The van der Waals surface area contributed by atoms with E-state index in [9.17, 15) is 9.59 Å². The summed E-state index contributed by atoms with van der Waals surface area (Å²) in [4.78, 5) is 21.1. The minimum Gasteiger partial charge on any atom is -0.497 e. The number of hydrogen-bond acceptors (Lipinski definition) is 4. The normalized spacial score (nSPS) is 9.62. The zero-order chi connectivity index (χ0) is 12.1. The molecule has 0 spiro atoms. The van der Waals surface area contributed by atoms with Crippen LogP contribution in [0.15, 0.2) is 16.6 Å². The van der Waals surface area contributed by atoms with Crippen LogP contribution in [0.1, 0.15) is 10.4 Å². The molecule has 0 unspecified atom stereocenters. The predicted octanol–water partition coefficient (Wildman–Crippen LogP) is 1.73. The molecule has 0 aromatic heterocycles. The average molecular weight is 289 g/mol. The first kappa shape index (κ1) is 12.5. The van der Waals surface area contributed by atoms with Gasteiger partial charge in [-0.3, -0.25) is 4.79 Å². The molecule has 1 N–H and O–H groups in total. The molecular formula is C10H9BrO5. The highest BCUT2D eigenvalue weighted by molar-refractivity contribution is 9.10. The third kappa shape index (κ3) is 2.96. The van der Waals surface area contributed by atoms with Gasteiger partial charge in [0.25, 0.3) is 0 Å². The van der Waals surface area contributed by atoms with Gasteiger partial charge in [0.1, 0.15) is 11.5 Å². The lowest BCUT2D eigenvalue weighted by molar-refractivity contribution is -0.139. The lowest BCUT2D eigenvalue weighted by Crippen LogP contribution is -2.11. The molecule has 0 atom stereocenters. The average Bonchev–Trinajstić information content (AvgIpc) is 2.26. The van der Waals surface area contributed by atoms with E-state index < -0.39 is 12.6 Å². The van der Waals surface area contributed by atoms with E-state index in [1.54, 1.807) is 6.07 Å². The summed E-state index contributed by atoms with van der Waals surface area (Å²) in [5.41, 5.74) is 0.229. The third-order valence-corrected chi connectivity index (χ3v) is 2.34. The van der Waals surface area contributed by atoms with Gasteiger partial charge in [-0.2, -0.15) is 0 Å². The quantitative estimate of drug-likeness (QED) is 0.836. The summed E-state index contributed by atoms with van der Waals surface area (Å²) < 4.78 is 10.4. The van der Waals surface area contributed by atoms with Crippen molar-refractivity contribution in [2.45, 2.75) is 0 Å². The van der Waals surface area contributed by atoms with Crippen LogP contribution in [-0.2, 0) is 4.79 Å². The summed E-state index contributed by atoms with van der Waals surface area (Å²) >= 11 is 3.17. The molecule has 0 heterocycles. The lowest BCUT2D eigenvalue weighted by Gasteiger charge is -2.10. The van der Waals surface area contributed by atoms with Crippen molar-refractivity contribution in [2.24, 2.45) is 0 Å². The van der Waals surface area contributed by atoms with E-state index in [1.165, 1.54) is 13.2 Å². The van der Waals surface area contributed by atoms with Crippen LogP contribution < -0.4 is 9.47 Å². The van der Waals surface area contributed by atoms with E-state index in [4.69, 9.17) is 14.6 Å². The van der Waals surface area contributed by atoms with E-state index in [-0.39, 0.29) is 11.3 Å². The maximum Gasteiger partial charge on any atom is 0.341 e. The minimum absolute atomic E-state index is 0.193. The predicted molar refractivity (Wildman–Crippen MR) is 59.2 cm³/mol. The first-order valence-electron chi connectivity index (χ1n) is 4.25. The van der Waals surface area contributed by atoms with Crippen LogP contribution in [0.2, 0.25) is 0 Å². The molecule has 1 aromatic rings. The Morgan fingerprint density at radius 2 is 2.25 bits per heavy atom. The van der Waals surface area contributed by atoms with Gasteiger partial charge >= 0.3 is 5.97 Å². The Bertz CT molecular complexity index is 416. The fraction of sp³-hybridized carbons (Fsp3) is 0.200. The van der Waals surface area contributed by atoms with Crippen LogP contribution in [0.4, 0.5) is 0 Å². The molecule has 0 aliphatic carbocycles. The highest BCUT2D eigenvalue weighted by atomic mass is 79.9. The van der Waals surface area contributed by atoms with Crippen LogP contribution >= 0.6 is 15.9 Å². The molecule has 0 radical (unpaired) electrons. The molecule has 0 bridgehead atoms. The summed E-state index contributed by atoms with van der Waals surface area (Å²) in [5.74, 6) is -0.436. The summed E-state index contributed by atoms with van der Waals surface area (Å²) in [5, 5.41) is 8.48. The van der Waals surface area contributed by atoms with Crippen molar-refractivity contribution in [2.75, 3.05) is 13.7 Å².